The van der Waals surface area contributed by atoms with Crippen LogP contribution in [-0.2, 0) is 6.42 Å². The molecule has 2 N–H and O–H groups in total. The maximum atomic E-state index is 13.9. The number of hydrogen-bond acceptors (Lipinski definition) is 5. The fraction of sp³-hybridized carbons (Fsp3) is 0.250. The second-order valence-electron chi connectivity index (χ2n) is 4.70. The van der Waals surface area contributed by atoms with E-state index in [0.29, 0.717) is 41.8 Å². The van der Waals surface area contributed by atoms with Crippen LogP contribution in [0.3, 0.4) is 0 Å². The van der Waals surface area contributed by atoms with E-state index in [2.05, 4.69) is 20.8 Å². The summed E-state index contributed by atoms with van der Waals surface area (Å²) in [7, 11) is 0. The molecule has 0 bridgehead atoms. The van der Waals surface area contributed by atoms with E-state index in [1.165, 1.54) is 12.1 Å². The summed E-state index contributed by atoms with van der Waals surface area (Å²) >= 11 is 5.15. The lowest BCUT2D eigenvalue weighted by atomic mass is 10.1. The first-order chi connectivity index (χ1) is 11.6. The predicted octanol–water partition coefficient (Wildman–Crippen LogP) is 2.42. The van der Waals surface area contributed by atoms with E-state index in [1.54, 1.807) is 18.2 Å². The van der Waals surface area contributed by atoms with Crippen LogP contribution in [0.15, 0.2) is 30.3 Å². The number of halogens is 1. The lowest BCUT2D eigenvalue weighted by Crippen LogP contribution is -2.30. The Morgan fingerprint density at radius 1 is 1.33 bits per heavy atom. The fourth-order valence-corrected chi connectivity index (χ4v) is 2.20. The average Bonchev–Trinajstić information content (AvgIpc) is 2.58. The van der Waals surface area contributed by atoms with Crippen LogP contribution in [0.5, 0.6) is 5.75 Å². The molecule has 1 heterocycles. The maximum absolute atomic E-state index is 13.9. The number of nitrogens with zero attached hydrogens (tertiary/aromatic N) is 3. The van der Waals surface area contributed by atoms with Crippen LogP contribution in [0.2, 0.25) is 0 Å². The summed E-state index contributed by atoms with van der Waals surface area (Å²) in [5, 5.41) is 22.3. The highest BCUT2D eigenvalue weighted by atomic mass is 32.1. The molecule has 0 fully saturated rings. The molecule has 0 unspecified atom stereocenters. The standard InChI is InChI=1S/C16H16FN5OS/c1-2-23-14-5-3-4-13(17)12(14)8-9-19-16(24)20-15-7-6-11(10-18)21-22-15/h3-7H,2,8-9H2,1H3,(H2,19,20,22,24). The molecule has 0 spiro atoms. The van der Waals surface area contributed by atoms with E-state index in [4.69, 9.17) is 22.2 Å². The van der Waals surface area contributed by atoms with Crippen molar-refractivity contribution >= 4 is 23.1 Å². The molecule has 0 amide bonds. The van der Waals surface area contributed by atoms with Crippen LogP contribution in [0.25, 0.3) is 0 Å². The molecule has 0 saturated carbocycles. The lowest BCUT2D eigenvalue weighted by Gasteiger charge is -2.13. The third kappa shape index (κ3) is 4.86. The molecule has 8 heteroatoms. The molecule has 0 aliphatic rings. The normalized spacial score (nSPS) is 9.88. The number of hydrogen-bond donors (Lipinski definition) is 2. The predicted molar refractivity (Wildman–Crippen MR) is 92.2 cm³/mol. The Morgan fingerprint density at radius 3 is 2.83 bits per heavy atom. The van der Waals surface area contributed by atoms with E-state index in [9.17, 15) is 4.39 Å². The van der Waals surface area contributed by atoms with Crippen LogP contribution in [0, 0.1) is 17.1 Å². The van der Waals surface area contributed by atoms with Crippen molar-refractivity contribution < 1.29 is 9.13 Å². The zero-order chi connectivity index (χ0) is 17.4. The highest BCUT2D eigenvalue weighted by Gasteiger charge is 2.09. The summed E-state index contributed by atoms with van der Waals surface area (Å²) < 4.78 is 19.3. The Bertz CT molecular complexity index is 745. The molecule has 0 aliphatic heterocycles. The second-order valence-corrected chi connectivity index (χ2v) is 5.10. The minimum absolute atomic E-state index is 0.224. The van der Waals surface area contributed by atoms with Crippen LogP contribution >= 0.6 is 12.2 Å². The molecule has 24 heavy (non-hydrogen) atoms. The molecule has 2 rings (SSSR count). The molecular formula is C16H16FN5OS. The minimum Gasteiger partial charge on any atom is -0.493 e. The minimum atomic E-state index is -0.306. The van der Waals surface area contributed by atoms with Gasteiger partial charge in [0.2, 0.25) is 0 Å². The van der Waals surface area contributed by atoms with Crippen molar-refractivity contribution in [2.24, 2.45) is 0 Å². The van der Waals surface area contributed by atoms with Crippen molar-refractivity contribution in [1.82, 2.24) is 15.5 Å². The molecule has 124 valence electrons. The number of benzene rings is 1. The zero-order valence-corrected chi connectivity index (χ0v) is 13.9. The van der Waals surface area contributed by atoms with Crippen LogP contribution < -0.4 is 15.4 Å². The Hall–Kier alpha value is -2.79. The van der Waals surface area contributed by atoms with Gasteiger partial charge in [0.1, 0.15) is 17.6 Å². The smallest absolute Gasteiger partial charge is 0.172 e. The summed E-state index contributed by atoms with van der Waals surface area (Å²) in [6.07, 6.45) is 0.420. The summed E-state index contributed by atoms with van der Waals surface area (Å²) in [4.78, 5) is 0. The molecule has 0 radical (unpaired) electrons. The third-order valence-electron chi connectivity index (χ3n) is 3.06. The highest BCUT2D eigenvalue weighted by molar-refractivity contribution is 7.80. The van der Waals surface area contributed by atoms with Crippen LogP contribution in [-0.4, -0.2) is 28.5 Å². The monoisotopic (exact) mass is 345 g/mol. The number of anilines is 1. The molecule has 0 aliphatic carbocycles. The van der Waals surface area contributed by atoms with Crippen molar-refractivity contribution in [3.63, 3.8) is 0 Å². The topological polar surface area (TPSA) is 82.9 Å². The summed E-state index contributed by atoms with van der Waals surface area (Å²) in [5.74, 6) is 0.656. The largest absolute Gasteiger partial charge is 0.493 e. The molecule has 0 atom stereocenters. The van der Waals surface area contributed by atoms with Gasteiger partial charge in [-0.05, 0) is 49.8 Å². The van der Waals surface area contributed by atoms with Gasteiger partial charge < -0.3 is 15.4 Å². The molecular weight excluding hydrogens is 329 g/mol. The van der Waals surface area contributed by atoms with Gasteiger partial charge in [0, 0.05) is 12.1 Å². The SMILES string of the molecule is CCOc1cccc(F)c1CCNC(=S)Nc1ccc(C#N)nn1. The number of thiocarbonyl (C=S) groups is 1. The van der Waals surface area contributed by atoms with E-state index in [-0.39, 0.29) is 11.5 Å². The van der Waals surface area contributed by atoms with Gasteiger partial charge in [-0.2, -0.15) is 5.26 Å². The van der Waals surface area contributed by atoms with Gasteiger partial charge in [-0.15, -0.1) is 10.2 Å². The van der Waals surface area contributed by atoms with Crippen molar-refractivity contribution in [2.75, 3.05) is 18.5 Å². The Balaban J connectivity index is 1.87. The Morgan fingerprint density at radius 2 is 2.17 bits per heavy atom. The van der Waals surface area contributed by atoms with Crippen molar-refractivity contribution in [1.29, 1.82) is 5.26 Å². The van der Waals surface area contributed by atoms with Crippen molar-refractivity contribution in [3.05, 3.63) is 47.4 Å². The Labute approximate surface area is 144 Å². The first kappa shape index (κ1) is 17.6. The Kier molecular flexibility index (Phi) is 6.40. The van der Waals surface area contributed by atoms with E-state index >= 15 is 0 Å². The van der Waals surface area contributed by atoms with E-state index in [1.807, 2.05) is 13.0 Å². The van der Waals surface area contributed by atoms with Gasteiger partial charge in [0.15, 0.2) is 16.6 Å². The first-order valence-electron chi connectivity index (χ1n) is 7.33. The zero-order valence-electron chi connectivity index (χ0n) is 13.0. The maximum Gasteiger partial charge on any atom is 0.172 e. The number of nitrogens with one attached hydrogen (secondary N) is 2. The number of aromatic nitrogens is 2. The van der Waals surface area contributed by atoms with Gasteiger partial charge in [-0.1, -0.05) is 6.07 Å². The van der Waals surface area contributed by atoms with Crippen molar-refractivity contribution in [3.8, 4) is 11.8 Å². The van der Waals surface area contributed by atoms with E-state index in [0.717, 1.165) is 0 Å². The van der Waals surface area contributed by atoms with Crippen molar-refractivity contribution in [2.45, 2.75) is 13.3 Å². The number of rotatable bonds is 6. The molecule has 2 aromatic rings. The fourth-order valence-electron chi connectivity index (χ4n) is 1.99. The molecule has 6 nitrogen and oxygen atoms in total. The molecule has 1 aromatic carbocycles. The van der Waals surface area contributed by atoms with Gasteiger partial charge in [-0.25, -0.2) is 4.39 Å². The van der Waals surface area contributed by atoms with E-state index < -0.39 is 0 Å². The quantitative estimate of drug-likeness (QED) is 0.778. The summed E-state index contributed by atoms with van der Waals surface area (Å²) in [6, 6.07) is 9.78. The van der Waals surface area contributed by atoms with Gasteiger partial charge >= 0.3 is 0 Å². The van der Waals surface area contributed by atoms with Gasteiger partial charge in [0.05, 0.1) is 6.61 Å². The highest BCUT2D eigenvalue weighted by Crippen LogP contribution is 2.21. The van der Waals surface area contributed by atoms with Crippen LogP contribution in [0.1, 0.15) is 18.2 Å². The van der Waals surface area contributed by atoms with Crippen LogP contribution in [0.4, 0.5) is 10.2 Å². The molecule has 1 aromatic heterocycles. The first-order valence-corrected chi connectivity index (χ1v) is 7.73. The number of nitriles is 1. The summed E-state index contributed by atoms with van der Waals surface area (Å²) in [6.45, 7) is 2.75. The lowest BCUT2D eigenvalue weighted by molar-refractivity contribution is 0.333. The molecule has 0 saturated heterocycles. The summed E-state index contributed by atoms with van der Waals surface area (Å²) in [5.41, 5.74) is 0.732. The van der Waals surface area contributed by atoms with Gasteiger partial charge in [0.25, 0.3) is 0 Å². The number of ether oxygens (including phenoxy) is 1. The second kappa shape index (κ2) is 8.74. The van der Waals surface area contributed by atoms with Gasteiger partial charge in [-0.3, -0.25) is 0 Å². The average molecular weight is 345 g/mol. The third-order valence-corrected chi connectivity index (χ3v) is 3.30.